The zero-order valence-electron chi connectivity index (χ0n) is 10.1. The lowest BCUT2D eigenvalue weighted by Crippen LogP contribution is -2.25. The molecule has 1 N–H and O–H groups in total. The number of benzene rings is 1. The van der Waals surface area contributed by atoms with E-state index in [-0.39, 0.29) is 0 Å². The minimum absolute atomic E-state index is 0.359. The third kappa shape index (κ3) is 3.59. The van der Waals surface area contributed by atoms with Crippen LogP contribution < -0.4 is 5.32 Å². The van der Waals surface area contributed by atoms with E-state index in [1.54, 1.807) is 24.3 Å². The molecule has 0 fully saturated rings. The highest BCUT2D eigenvalue weighted by molar-refractivity contribution is 7.13. The second kappa shape index (κ2) is 6.05. The molecule has 1 aromatic carbocycles. The Labute approximate surface area is 113 Å². The topological polar surface area (TPSA) is 81.2 Å². The molecule has 6 nitrogen and oxygen atoms in total. The lowest BCUT2D eigenvalue weighted by Gasteiger charge is -2.15. The van der Waals surface area contributed by atoms with Gasteiger partial charge in [-0.15, -0.1) is 10.2 Å². The van der Waals surface area contributed by atoms with Crippen molar-refractivity contribution in [3.8, 4) is 0 Å². The van der Waals surface area contributed by atoms with Gasteiger partial charge in [0.2, 0.25) is 11.2 Å². The average molecular weight is 277 g/mol. The summed E-state index contributed by atoms with van der Waals surface area (Å²) < 4.78 is 5.05. The molecule has 0 unspecified atom stereocenters. The van der Waals surface area contributed by atoms with Crippen molar-refractivity contribution in [3.63, 3.8) is 0 Å². The highest BCUT2D eigenvalue weighted by Gasteiger charge is 2.24. The van der Waals surface area contributed by atoms with Crippen LogP contribution in [0, 0.1) is 0 Å². The van der Waals surface area contributed by atoms with Gasteiger partial charge in [-0.1, -0.05) is 41.7 Å². The number of nitrogens with zero attached hydrogens (tertiary/aromatic N) is 2. The number of hydrogen-bond donors (Lipinski definition) is 1. The van der Waals surface area contributed by atoms with Crippen molar-refractivity contribution in [1.82, 2.24) is 10.2 Å². The maximum Gasteiger partial charge on any atom is 0.303 e. The van der Waals surface area contributed by atoms with Gasteiger partial charge in [-0.3, -0.25) is 14.9 Å². The van der Waals surface area contributed by atoms with Gasteiger partial charge in [-0.05, 0) is 0 Å². The molecule has 0 radical (unpaired) electrons. The van der Waals surface area contributed by atoms with Crippen LogP contribution in [0.25, 0.3) is 0 Å². The van der Waals surface area contributed by atoms with Crippen LogP contribution in [0.4, 0.5) is 5.13 Å². The number of nitrogens with one attached hydrogen (secondary N) is 1. The second-order valence-electron chi connectivity index (χ2n) is 3.63. The van der Waals surface area contributed by atoms with Gasteiger partial charge in [0.05, 0.1) is 0 Å². The summed E-state index contributed by atoms with van der Waals surface area (Å²) in [5.41, 5.74) is 2.10. The minimum atomic E-state index is -0.998. The van der Waals surface area contributed by atoms with Gasteiger partial charge < -0.3 is 4.74 Å². The third-order valence-corrected chi connectivity index (χ3v) is 2.82. The highest BCUT2D eigenvalue weighted by Crippen LogP contribution is 2.20. The van der Waals surface area contributed by atoms with E-state index in [2.05, 4.69) is 15.5 Å². The molecule has 0 saturated carbocycles. The van der Waals surface area contributed by atoms with Gasteiger partial charge >= 0.3 is 5.97 Å². The number of rotatable bonds is 4. The largest absolute Gasteiger partial charge is 0.447 e. The molecule has 98 valence electrons. The zero-order chi connectivity index (χ0) is 13.7. The SMILES string of the molecule is CC(=O)O[C@@H](C(=O)Nc1nncs1)c1ccccc1. The number of esters is 1. The van der Waals surface area contributed by atoms with Gasteiger partial charge in [0.1, 0.15) is 5.51 Å². The molecule has 19 heavy (non-hydrogen) atoms. The van der Waals surface area contributed by atoms with Gasteiger partial charge in [0.25, 0.3) is 5.91 Å². The molecule has 1 amide bonds. The maximum atomic E-state index is 12.1. The number of amides is 1. The molecular formula is C12H11N3O3S. The van der Waals surface area contributed by atoms with Crippen LogP contribution in [-0.4, -0.2) is 22.1 Å². The van der Waals surface area contributed by atoms with E-state index in [9.17, 15) is 9.59 Å². The van der Waals surface area contributed by atoms with Crippen molar-refractivity contribution in [2.75, 3.05) is 5.32 Å². The van der Waals surface area contributed by atoms with E-state index >= 15 is 0 Å². The zero-order valence-corrected chi connectivity index (χ0v) is 10.9. The van der Waals surface area contributed by atoms with Crippen LogP contribution >= 0.6 is 11.3 Å². The van der Waals surface area contributed by atoms with Gasteiger partial charge in [-0.25, -0.2) is 0 Å². The summed E-state index contributed by atoms with van der Waals surface area (Å²) in [5.74, 6) is -0.987. The molecule has 1 heterocycles. The van der Waals surface area contributed by atoms with E-state index in [4.69, 9.17) is 4.74 Å². The Morgan fingerprint density at radius 2 is 2.05 bits per heavy atom. The normalized spacial score (nSPS) is 11.6. The van der Waals surface area contributed by atoms with Crippen molar-refractivity contribution in [2.24, 2.45) is 0 Å². The fourth-order valence-electron chi connectivity index (χ4n) is 1.47. The Kier molecular flexibility index (Phi) is 4.19. The maximum absolute atomic E-state index is 12.1. The summed E-state index contributed by atoms with van der Waals surface area (Å²) in [6.07, 6.45) is -0.998. The molecule has 0 aliphatic rings. The average Bonchev–Trinajstić information content (AvgIpc) is 2.89. The lowest BCUT2D eigenvalue weighted by atomic mass is 10.1. The van der Waals surface area contributed by atoms with Crippen LogP contribution in [-0.2, 0) is 14.3 Å². The Hall–Kier alpha value is -2.28. The lowest BCUT2D eigenvalue weighted by molar-refractivity contribution is -0.152. The minimum Gasteiger partial charge on any atom is -0.447 e. The first-order chi connectivity index (χ1) is 9.16. The van der Waals surface area contributed by atoms with E-state index in [0.29, 0.717) is 10.7 Å². The van der Waals surface area contributed by atoms with Crippen LogP contribution in [0.2, 0.25) is 0 Å². The monoisotopic (exact) mass is 277 g/mol. The molecular weight excluding hydrogens is 266 g/mol. The predicted octanol–water partition coefficient (Wildman–Crippen LogP) is 1.78. The smallest absolute Gasteiger partial charge is 0.303 e. The Bertz CT molecular complexity index is 557. The van der Waals surface area contributed by atoms with E-state index in [1.165, 1.54) is 23.8 Å². The number of hydrogen-bond acceptors (Lipinski definition) is 6. The van der Waals surface area contributed by atoms with Crippen LogP contribution in [0.1, 0.15) is 18.6 Å². The van der Waals surface area contributed by atoms with Crippen LogP contribution in [0.5, 0.6) is 0 Å². The summed E-state index contributed by atoms with van der Waals surface area (Å²) in [4.78, 5) is 23.2. The summed E-state index contributed by atoms with van der Waals surface area (Å²) in [7, 11) is 0. The number of carbonyl (C=O) groups is 2. The van der Waals surface area contributed by atoms with Crippen LogP contribution in [0.15, 0.2) is 35.8 Å². The molecule has 0 aliphatic heterocycles. The number of ether oxygens (including phenoxy) is 1. The quantitative estimate of drug-likeness (QED) is 0.861. The van der Waals surface area contributed by atoms with E-state index in [1.807, 2.05) is 6.07 Å². The van der Waals surface area contributed by atoms with Gasteiger partial charge in [0.15, 0.2) is 0 Å². The summed E-state index contributed by atoms with van der Waals surface area (Å²) in [6.45, 7) is 1.26. The summed E-state index contributed by atoms with van der Waals surface area (Å²) in [6, 6.07) is 8.78. The third-order valence-electron chi connectivity index (χ3n) is 2.21. The Morgan fingerprint density at radius 3 is 2.63 bits per heavy atom. The highest BCUT2D eigenvalue weighted by atomic mass is 32.1. The molecule has 2 aromatic rings. The number of aromatic nitrogens is 2. The number of anilines is 1. The molecule has 7 heteroatoms. The molecule has 1 atom stereocenters. The van der Waals surface area contributed by atoms with Crippen molar-refractivity contribution in [2.45, 2.75) is 13.0 Å². The first kappa shape index (κ1) is 13.2. The molecule has 0 saturated heterocycles. The van der Waals surface area contributed by atoms with Gasteiger partial charge in [0, 0.05) is 12.5 Å². The molecule has 0 aliphatic carbocycles. The summed E-state index contributed by atoms with van der Waals surface area (Å²) in [5, 5.41) is 10.2. The standard InChI is InChI=1S/C12H11N3O3S/c1-8(16)18-10(9-5-3-2-4-6-9)11(17)14-12-15-13-7-19-12/h2-7,10H,1H3,(H,14,15,17)/t10-/m1/s1. The summed E-state index contributed by atoms with van der Waals surface area (Å²) >= 11 is 1.19. The Morgan fingerprint density at radius 1 is 1.32 bits per heavy atom. The molecule has 1 aromatic heterocycles. The fourth-order valence-corrected chi connectivity index (χ4v) is 1.91. The Balaban J connectivity index is 2.18. The molecule has 0 bridgehead atoms. The van der Waals surface area contributed by atoms with Crippen LogP contribution in [0.3, 0.4) is 0 Å². The molecule has 0 spiro atoms. The fraction of sp³-hybridized carbons (Fsp3) is 0.167. The van der Waals surface area contributed by atoms with E-state index in [0.717, 1.165) is 0 Å². The van der Waals surface area contributed by atoms with Crippen molar-refractivity contribution in [1.29, 1.82) is 0 Å². The predicted molar refractivity (Wildman–Crippen MR) is 69.5 cm³/mol. The van der Waals surface area contributed by atoms with Crippen molar-refractivity contribution < 1.29 is 14.3 Å². The second-order valence-corrected chi connectivity index (χ2v) is 4.47. The molecule has 2 rings (SSSR count). The van der Waals surface area contributed by atoms with Gasteiger partial charge in [-0.2, -0.15) is 0 Å². The number of carbonyl (C=O) groups excluding carboxylic acids is 2. The van der Waals surface area contributed by atoms with Crippen molar-refractivity contribution >= 4 is 28.3 Å². The van der Waals surface area contributed by atoms with E-state index < -0.39 is 18.0 Å². The van der Waals surface area contributed by atoms with Crippen molar-refractivity contribution in [3.05, 3.63) is 41.4 Å². The first-order valence-corrected chi connectivity index (χ1v) is 6.34. The first-order valence-electron chi connectivity index (χ1n) is 5.46.